The summed E-state index contributed by atoms with van der Waals surface area (Å²) in [5.74, 6) is -0.160. The van der Waals surface area contributed by atoms with E-state index in [-0.39, 0.29) is 5.92 Å². The summed E-state index contributed by atoms with van der Waals surface area (Å²) in [5.41, 5.74) is 0. The predicted octanol–water partition coefficient (Wildman–Crippen LogP) is 2.04. The van der Waals surface area contributed by atoms with Gasteiger partial charge in [-0.25, -0.2) is 8.78 Å². The van der Waals surface area contributed by atoms with Gasteiger partial charge in [-0.2, -0.15) is 0 Å². The molecule has 2 rings (SSSR count). The fourth-order valence-corrected chi connectivity index (χ4v) is 2.55. The van der Waals surface area contributed by atoms with Crippen LogP contribution in [0.1, 0.15) is 38.5 Å². The van der Waals surface area contributed by atoms with Crippen molar-refractivity contribution in [2.75, 3.05) is 13.1 Å². The molecule has 18 heavy (non-hydrogen) atoms. The Kier molecular flexibility index (Phi) is 4.54. The van der Waals surface area contributed by atoms with E-state index in [9.17, 15) is 18.7 Å². The van der Waals surface area contributed by atoms with Crippen molar-refractivity contribution < 1.29 is 18.7 Å². The smallest absolute Gasteiger partial charge is 0.255 e. The fourth-order valence-electron chi connectivity index (χ4n) is 2.55. The molecule has 0 aliphatic heterocycles. The molecule has 0 bridgehead atoms. The third kappa shape index (κ3) is 3.19. The van der Waals surface area contributed by atoms with E-state index >= 15 is 0 Å². The van der Waals surface area contributed by atoms with Gasteiger partial charge in [-0.15, -0.1) is 0 Å². The molecule has 3 nitrogen and oxygen atoms in total. The second-order valence-corrected chi connectivity index (χ2v) is 5.57. The fraction of sp³-hybridized carbons (Fsp3) is 0.923. The number of aliphatic hydroxyl groups is 1. The van der Waals surface area contributed by atoms with Crippen molar-refractivity contribution in [1.82, 2.24) is 4.90 Å². The zero-order valence-corrected chi connectivity index (χ0v) is 10.5. The van der Waals surface area contributed by atoms with E-state index in [4.69, 9.17) is 0 Å². The number of hydrogen-bond donors (Lipinski definition) is 1. The number of carbonyl (C=O) groups excluding carboxylic acids is 1. The first-order valence-electron chi connectivity index (χ1n) is 6.83. The number of halogens is 2. The Morgan fingerprint density at radius 2 is 1.83 bits per heavy atom. The molecule has 0 spiro atoms. The van der Waals surface area contributed by atoms with Crippen LogP contribution in [0.3, 0.4) is 0 Å². The highest BCUT2D eigenvalue weighted by Gasteiger charge is 2.35. The maximum atomic E-state index is 12.5. The molecule has 0 aromatic rings. The average Bonchev–Trinajstić information content (AvgIpc) is 2.17. The molecule has 1 atom stereocenters. The minimum Gasteiger partial charge on any atom is -0.383 e. The van der Waals surface area contributed by atoms with Gasteiger partial charge in [0.05, 0.1) is 6.54 Å². The molecular formula is C13H21F2NO2. The molecule has 0 radical (unpaired) electrons. The van der Waals surface area contributed by atoms with E-state index in [2.05, 4.69) is 0 Å². The van der Waals surface area contributed by atoms with E-state index in [1.54, 1.807) is 0 Å². The topological polar surface area (TPSA) is 40.5 Å². The van der Waals surface area contributed by atoms with Gasteiger partial charge in [0.2, 0.25) is 0 Å². The van der Waals surface area contributed by atoms with Gasteiger partial charge >= 0.3 is 0 Å². The highest BCUT2D eigenvalue weighted by Crippen LogP contribution is 2.32. The van der Waals surface area contributed by atoms with Gasteiger partial charge in [0.15, 0.2) is 0 Å². The number of amides is 1. The summed E-state index contributed by atoms with van der Waals surface area (Å²) >= 11 is 0. The number of rotatable bonds is 6. The zero-order chi connectivity index (χ0) is 13.1. The molecule has 0 aromatic carbocycles. The molecule has 2 aliphatic rings. The van der Waals surface area contributed by atoms with Crippen molar-refractivity contribution in [3.63, 3.8) is 0 Å². The van der Waals surface area contributed by atoms with Crippen molar-refractivity contribution in [1.29, 1.82) is 0 Å². The van der Waals surface area contributed by atoms with E-state index < -0.39 is 25.0 Å². The van der Waals surface area contributed by atoms with Crippen molar-refractivity contribution in [2.45, 2.75) is 51.1 Å². The lowest BCUT2D eigenvalue weighted by Crippen LogP contribution is -2.48. The van der Waals surface area contributed by atoms with Gasteiger partial charge in [-0.1, -0.05) is 12.8 Å². The van der Waals surface area contributed by atoms with Crippen LogP contribution in [0, 0.1) is 11.8 Å². The van der Waals surface area contributed by atoms with E-state index in [0.717, 1.165) is 38.5 Å². The Morgan fingerprint density at radius 3 is 2.22 bits per heavy atom. The minimum absolute atomic E-state index is 0.0148. The molecule has 5 heteroatoms. The summed E-state index contributed by atoms with van der Waals surface area (Å²) in [6, 6.07) is 0. The maximum Gasteiger partial charge on any atom is 0.255 e. The largest absolute Gasteiger partial charge is 0.383 e. The molecule has 1 N–H and O–H groups in total. The molecule has 2 saturated carbocycles. The quantitative estimate of drug-likeness (QED) is 0.795. The normalized spacial score (nSPS) is 22.4. The van der Waals surface area contributed by atoms with Crippen LogP contribution in [0.5, 0.6) is 0 Å². The Bertz CT molecular complexity index is 291. The number of nitrogens with zero attached hydrogens (tertiary/aromatic N) is 1. The van der Waals surface area contributed by atoms with Crippen LogP contribution in [0.2, 0.25) is 0 Å². The first-order chi connectivity index (χ1) is 8.58. The Balaban J connectivity index is 1.89. The lowest BCUT2D eigenvalue weighted by molar-refractivity contribution is -0.148. The summed E-state index contributed by atoms with van der Waals surface area (Å²) in [7, 11) is 0. The molecule has 2 aliphatic carbocycles. The number of carbonyl (C=O) groups is 1. The van der Waals surface area contributed by atoms with Crippen LogP contribution in [-0.2, 0) is 4.79 Å². The van der Waals surface area contributed by atoms with Crippen molar-refractivity contribution >= 4 is 5.91 Å². The van der Waals surface area contributed by atoms with Gasteiger partial charge < -0.3 is 10.0 Å². The molecule has 2 fully saturated rings. The lowest BCUT2D eigenvalue weighted by Gasteiger charge is -2.36. The van der Waals surface area contributed by atoms with Crippen molar-refractivity contribution in [2.24, 2.45) is 11.8 Å². The highest BCUT2D eigenvalue weighted by atomic mass is 19.3. The molecular weight excluding hydrogens is 240 g/mol. The van der Waals surface area contributed by atoms with Crippen LogP contribution in [0.15, 0.2) is 0 Å². The van der Waals surface area contributed by atoms with Crippen LogP contribution < -0.4 is 0 Å². The summed E-state index contributed by atoms with van der Waals surface area (Å²) in [5, 5.41) is 9.89. The van der Waals surface area contributed by atoms with Crippen molar-refractivity contribution in [3.05, 3.63) is 0 Å². The third-order valence-electron chi connectivity index (χ3n) is 4.22. The first kappa shape index (κ1) is 13.7. The molecule has 0 saturated heterocycles. The van der Waals surface area contributed by atoms with E-state index in [0.29, 0.717) is 12.5 Å². The van der Waals surface area contributed by atoms with E-state index in [1.165, 1.54) is 4.90 Å². The second kappa shape index (κ2) is 5.95. The van der Waals surface area contributed by atoms with Gasteiger partial charge in [-0.3, -0.25) is 4.79 Å². The van der Waals surface area contributed by atoms with Crippen LogP contribution in [0.25, 0.3) is 0 Å². The monoisotopic (exact) mass is 261 g/mol. The second-order valence-electron chi connectivity index (χ2n) is 5.57. The van der Waals surface area contributed by atoms with Crippen LogP contribution in [-0.4, -0.2) is 41.5 Å². The summed E-state index contributed by atoms with van der Waals surface area (Å²) in [4.78, 5) is 13.2. The molecule has 1 unspecified atom stereocenters. The Morgan fingerprint density at radius 1 is 1.22 bits per heavy atom. The highest BCUT2D eigenvalue weighted by molar-refractivity contribution is 5.81. The summed E-state index contributed by atoms with van der Waals surface area (Å²) < 4.78 is 25.0. The number of alkyl halides is 2. The van der Waals surface area contributed by atoms with Gasteiger partial charge in [0.1, 0.15) is 6.10 Å². The van der Waals surface area contributed by atoms with Crippen LogP contribution in [0.4, 0.5) is 8.78 Å². The third-order valence-corrected chi connectivity index (χ3v) is 4.22. The van der Waals surface area contributed by atoms with Gasteiger partial charge in [0, 0.05) is 6.54 Å². The Labute approximate surface area is 106 Å². The average molecular weight is 261 g/mol. The SMILES string of the molecule is O=C(C(O)C1CCC1)N(CC(F)F)CC1CCC1. The molecule has 1 amide bonds. The standard InChI is InChI=1S/C13H21F2NO2/c14-11(15)8-16(7-9-3-1-4-9)13(18)12(17)10-5-2-6-10/h9-12,17H,1-8H2. The summed E-state index contributed by atoms with van der Waals surface area (Å²) in [6.07, 6.45) is 2.22. The molecule has 0 aromatic heterocycles. The summed E-state index contributed by atoms with van der Waals surface area (Å²) in [6.45, 7) is -0.161. The zero-order valence-electron chi connectivity index (χ0n) is 10.5. The Hall–Kier alpha value is -0.710. The molecule has 104 valence electrons. The first-order valence-corrected chi connectivity index (χ1v) is 6.83. The predicted molar refractivity (Wildman–Crippen MR) is 63.3 cm³/mol. The van der Waals surface area contributed by atoms with E-state index in [1.807, 2.05) is 0 Å². The maximum absolute atomic E-state index is 12.5. The van der Waals surface area contributed by atoms with Crippen molar-refractivity contribution in [3.8, 4) is 0 Å². The van der Waals surface area contributed by atoms with Crippen LogP contribution >= 0.6 is 0 Å². The lowest BCUT2D eigenvalue weighted by atomic mass is 9.80. The minimum atomic E-state index is -2.53. The number of hydrogen-bond acceptors (Lipinski definition) is 2. The molecule has 0 heterocycles. The van der Waals surface area contributed by atoms with Gasteiger partial charge in [0.25, 0.3) is 12.3 Å². The number of aliphatic hydroxyl groups excluding tert-OH is 1. The van der Waals surface area contributed by atoms with Gasteiger partial charge in [-0.05, 0) is 37.5 Å².